The van der Waals surface area contributed by atoms with Crippen molar-refractivity contribution in [3.63, 3.8) is 0 Å². The molecule has 0 aliphatic carbocycles. The van der Waals surface area contributed by atoms with Crippen molar-refractivity contribution in [1.82, 2.24) is 20.0 Å². The maximum Gasteiger partial charge on any atom is 0.229 e. The Kier molecular flexibility index (Phi) is 4.75. The van der Waals surface area contributed by atoms with Crippen LogP contribution in [0.1, 0.15) is 68.0 Å². The molecule has 0 unspecified atom stereocenters. The minimum Gasteiger partial charge on any atom is -0.339 e. The zero-order valence-corrected chi connectivity index (χ0v) is 14.6. The minimum atomic E-state index is -0.0666. The molecule has 0 N–H and O–H groups in total. The Labute approximate surface area is 139 Å². The van der Waals surface area contributed by atoms with Crippen LogP contribution in [0.5, 0.6) is 0 Å². The molecule has 3 rings (SSSR count). The van der Waals surface area contributed by atoms with E-state index < -0.39 is 0 Å². The van der Waals surface area contributed by atoms with E-state index in [4.69, 9.17) is 4.52 Å². The van der Waals surface area contributed by atoms with Crippen LogP contribution in [-0.4, -0.2) is 32.5 Å². The number of likely N-dealkylation sites (tertiary alicyclic amines) is 1. The SMILES string of the molecule is CCc1nc(CC(=O)N2CCC[C@H]2c2noc(C(C)C)n2)cs1. The van der Waals surface area contributed by atoms with E-state index in [2.05, 4.69) is 22.0 Å². The Morgan fingerprint density at radius 3 is 2.96 bits per heavy atom. The molecule has 1 aliphatic heterocycles. The van der Waals surface area contributed by atoms with E-state index in [0.717, 1.165) is 36.5 Å². The number of nitrogens with zero attached hydrogens (tertiary/aromatic N) is 4. The summed E-state index contributed by atoms with van der Waals surface area (Å²) in [5.41, 5.74) is 0.860. The fourth-order valence-corrected chi connectivity index (χ4v) is 3.54. The lowest BCUT2D eigenvalue weighted by molar-refractivity contribution is -0.131. The topological polar surface area (TPSA) is 72.1 Å². The number of aromatic nitrogens is 3. The summed E-state index contributed by atoms with van der Waals surface area (Å²) in [6.45, 7) is 6.86. The van der Waals surface area contributed by atoms with Crippen LogP contribution in [0.25, 0.3) is 0 Å². The Morgan fingerprint density at radius 2 is 2.30 bits per heavy atom. The van der Waals surface area contributed by atoms with E-state index in [0.29, 0.717) is 18.1 Å². The van der Waals surface area contributed by atoms with Gasteiger partial charge in [-0.3, -0.25) is 4.79 Å². The highest BCUT2D eigenvalue weighted by Gasteiger charge is 2.33. The zero-order valence-electron chi connectivity index (χ0n) is 13.8. The van der Waals surface area contributed by atoms with Gasteiger partial charge < -0.3 is 9.42 Å². The number of rotatable bonds is 5. The maximum absolute atomic E-state index is 12.6. The van der Waals surface area contributed by atoms with Crippen LogP contribution >= 0.6 is 11.3 Å². The van der Waals surface area contributed by atoms with Gasteiger partial charge in [0, 0.05) is 17.8 Å². The van der Waals surface area contributed by atoms with Gasteiger partial charge in [0.2, 0.25) is 11.8 Å². The molecule has 124 valence electrons. The maximum atomic E-state index is 12.6. The first-order chi connectivity index (χ1) is 11.1. The van der Waals surface area contributed by atoms with Crippen molar-refractivity contribution in [2.75, 3.05) is 6.54 Å². The van der Waals surface area contributed by atoms with Gasteiger partial charge in [-0.25, -0.2) is 4.98 Å². The number of carbonyl (C=O) groups is 1. The molecule has 0 radical (unpaired) electrons. The smallest absolute Gasteiger partial charge is 0.229 e. The van der Waals surface area contributed by atoms with Crippen molar-refractivity contribution in [2.24, 2.45) is 0 Å². The third-order valence-corrected chi connectivity index (χ3v) is 5.10. The average Bonchev–Trinajstić information content (AvgIpc) is 3.26. The van der Waals surface area contributed by atoms with Crippen molar-refractivity contribution in [2.45, 2.75) is 58.4 Å². The highest BCUT2D eigenvalue weighted by molar-refractivity contribution is 7.09. The Hall–Kier alpha value is -1.76. The lowest BCUT2D eigenvalue weighted by atomic mass is 10.2. The predicted octanol–water partition coefficient (Wildman–Crippen LogP) is 3.12. The molecular weight excluding hydrogens is 312 g/mol. The highest BCUT2D eigenvalue weighted by atomic mass is 32.1. The predicted molar refractivity (Wildman–Crippen MR) is 87.3 cm³/mol. The van der Waals surface area contributed by atoms with Gasteiger partial charge in [-0.1, -0.05) is 25.9 Å². The third-order valence-electron chi connectivity index (χ3n) is 4.06. The summed E-state index contributed by atoms with van der Waals surface area (Å²) in [6, 6.07) is -0.0666. The second kappa shape index (κ2) is 6.78. The fraction of sp³-hybridized carbons (Fsp3) is 0.625. The second-order valence-electron chi connectivity index (χ2n) is 6.15. The van der Waals surface area contributed by atoms with Crippen molar-refractivity contribution in [1.29, 1.82) is 0 Å². The van der Waals surface area contributed by atoms with E-state index in [1.54, 1.807) is 11.3 Å². The van der Waals surface area contributed by atoms with Crippen LogP contribution in [0.2, 0.25) is 0 Å². The molecule has 1 aliphatic rings. The normalized spacial score (nSPS) is 18.1. The number of hydrogen-bond donors (Lipinski definition) is 0. The lowest BCUT2D eigenvalue weighted by Crippen LogP contribution is -2.32. The van der Waals surface area contributed by atoms with Crippen LogP contribution in [-0.2, 0) is 17.6 Å². The average molecular weight is 334 g/mol. The van der Waals surface area contributed by atoms with Gasteiger partial charge in [0.15, 0.2) is 5.82 Å². The van der Waals surface area contributed by atoms with Crippen LogP contribution < -0.4 is 0 Å². The molecule has 1 fully saturated rings. The fourth-order valence-electron chi connectivity index (χ4n) is 2.80. The molecule has 0 saturated carbocycles. The van der Waals surface area contributed by atoms with Gasteiger partial charge in [-0.05, 0) is 19.3 Å². The number of amides is 1. The Bertz CT molecular complexity index is 679. The van der Waals surface area contributed by atoms with Crippen LogP contribution in [0.4, 0.5) is 0 Å². The zero-order chi connectivity index (χ0) is 16.4. The molecule has 3 heterocycles. The number of thiazole rings is 1. The van der Waals surface area contributed by atoms with Crippen molar-refractivity contribution in [3.8, 4) is 0 Å². The van der Waals surface area contributed by atoms with Gasteiger partial charge in [0.05, 0.1) is 23.2 Å². The molecule has 0 aromatic carbocycles. The molecule has 23 heavy (non-hydrogen) atoms. The Balaban J connectivity index is 1.71. The summed E-state index contributed by atoms with van der Waals surface area (Å²) >= 11 is 1.62. The Morgan fingerprint density at radius 1 is 1.48 bits per heavy atom. The molecule has 1 atom stereocenters. The van der Waals surface area contributed by atoms with E-state index in [-0.39, 0.29) is 17.9 Å². The van der Waals surface area contributed by atoms with Crippen LogP contribution in [0.3, 0.4) is 0 Å². The number of hydrogen-bond acceptors (Lipinski definition) is 6. The van der Waals surface area contributed by atoms with Crippen molar-refractivity contribution >= 4 is 17.2 Å². The summed E-state index contributed by atoms with van der Waals surface area (Å²) in [5.74, 6) is 1.55. The molecule has 2 aromatic heterocycles. The first kappa shape index (κ1) is 16.1. The van der Waals surface area contributed by atoms with Gasteiger partial charge >= 0.3 is 0 Å². The van der Waals surface area contributed by atoms with Crippen LogP contribution in [0, 0.1) is 0 Å². The number of aryl methyl sites for hydroxylation is 1. The summed E-state index contributed by atoms with van der Waals surface area (Å²) in [5, 5.41) is 7.14. The van der Waals surface area contributed by atoms with Crippen molar-refractivity contribution < 1.29 is 9.32 Å². The van der Waals surface area contributed by atoms with E-state index in [1.807, 2.05) is 24.1 Å². The molecule has 1 amide bonds. The molecule has 0 spiro atoms. The summed E-state index contributed by atoms with van der Waals surface area (Å²) < 4.78 is 5.29. The number of carbonyl (C=O) groups excluding carboxylic acids is 1. The third kappa shape index (κ3) is 3.44. The van der Waals surface area contributed by atoms with E-state index in [1.165, 1.54) is 0 Å². The molecule has 2 aromatic rings. The van der Waals surface area contributed by atoms with E-state index in [9.17, 15) is 4.79 Å². The standard InChI is InChI=1S/C16H22N4O2S/c1-4-13-17-11(9-23-13)8-14(21)20-7-5-6-12(20)15-18-16(10(2)3)22-19-15/h9-10,12H,4-8H2,1-3H3/t12-/m0/s1. The van der Waals surface area contributed by atoms with Gasteiger partial charge in [-0.2, -0.15) is 4.98 Å². The van der Waals surface area contributed by atoms with Crippen LogP contribution in [0.15, 0.2) is 9.90 Å². The monoisotopic (exact) mass is 334 g/mol. The quantitative estimate of drug-likeness (QED) is 0.840. The second-order valence-corrected chi connectivity index (χ2v) is 7.10. The largest absolute Gasteiger partial charge is 0.339 e. The lowest BCUT2D eigenvalue weighted by Gasteiger charge is -2.21. The molecule has 0 bridgehead atoms. The summed E-state index contributed by atoms with van der Waals surface area (Å²) in [4.78, 5) is 23.5. The minimum absolute atomic E-state index is 0.0666. The van der Waals surface area contributed by atoms with Gasteiger partial charge in [0.25, 0.3) is 0 Å². The molecular formula is C16H22N4O2S. The van der Waals surface area contributed by atoms with Gasteiger partial charge in [0.1, 0.15) is 0 Å². The molecule has 6 nitrogen and oxygen atoms in total. The van der Waals surface area contributed by atoms with Gasteiger partial charge in [-0.15, -0.1) is 11.3 Å². The van der Waals surface area contributed by atoms with E-state index >= 15 is 0 Å². The highest BCUT2D eigenvalue weighted by Crippen LogP contribution is 2.31. The first-order valence-corrected chi connectivity index (χ1v) is 9.02. The molecule has 1 saturated heterocycles. The summed E-state index contributed by atoms with van der Waals surface area (Å²) in [6.07, 6.45) is 3.12. The van der Waals surface area contributed by atoms with Crippen molar-refractivity contribution in [3.05, 3.63) is 27.8 Å². The summed E-state index contributed by atoms with van der Waals surface area (Å²) in [7, 11) is 0. The molecule has 7 heteroatoms. The first-order valence-electron chi connectivity index (χ1n) is 8.14.